The van der Waals surface area contributed by atoms with Gasteiger partial charge < -0.3 is 0 Å². The number of hydrogen-bond acceptors (Lipinski definition) is 7. The molecule has 0 saturated heterocycles. The van der Waals surface area contributed by atoms with Crippen molar-refractivity contribution >= 4 is 39.3 Å². The number of nitrogen functional groups attached to an aromatic ring is 1. The van der Waals surface area contributed by atoms with Gasteiger partial charge in [0.2, 0.25) is 11.1 Å². The lowest BCUT2D eigenvalue weighted by molar-refractivity contribution is 0.912. The van der Waals surface area contributed by atoms with E-state index in [1.165, 1.54) is 11.8 Å². The van der Waals surface area contributed by atoms with Crippen molar-refractivity contribution in [3.8, 4) is 0 Å². The zero-order chi connectivity index (χ0) is 13.2. The van der Waals surface area contributed by atoms with Crippen molar-refractivity contribution in [2.45, 2.75) is 10.2 Å². The number of anilines is 1. The van der Waals surface area contributed by atoms with Gasteiger partial charge in [0.15, 0.2) is 5.65 Å². The molecule has 0 unspecified atom stereocenters. The van der Waals surface area contributed by atoms with E-state index in [0.717, 1.165) is 15.3 Å². The summed E-state index contributed by atoms with van der Waals surface area (Å²) in [5, 5.41) is 9.64. The Morgan fingerprint density at radius 3 is 3.05 bits per heavy atom. The van der Waals surface area contributed by atoms with Gasteiger partial charge in [0.05, 0.1) is 4.47 Å². The highest BCUT2D eigenvalue weighted by Gasteiger charge is 2.11. The van der Waals surface area contributed by atoms with Crippen LogP contribution in [0.1, 0.15) is 0 Å². The second-order valence-electron chi connectivity index (χ2n) is 3.50. The number of nitrogens with two attached hydrogens (primary N) is 1. The fraction of sp³-hybridized carbons (Fsp3) is 0. The molecule has 3 aromatic rings. The molecule has 3 aromatic heterocycles. The Hall–Kier alpha value is -1.71. The van der Waals surface area contributed by atoms with Crippen LogP contribution in [-0.2, 0) is 0 Å². The third-order valence-corrected chi connectivity index (χ3v) is 4.12. The highest BCUT2D eigenvalue weighted by atomic mass is 79.9. The van der Waals surface area contributed by atoms with Gasteiger partial charge in [0.25, 0.3) is 0 Å². The Balaban J connectivity index is 2.01. The first-order valence-corrected chi connectivity index (χ1v) is 6.85. The quantitative estimate of drug-likeness (QED) is 0.427. The van der Waals surface area contributed by atoms with Gasteiger partial charge >= 0.3 is 0 Å². The van der Waals surface area contributed by atoms with E-state index in [4.69, 9.17) is 5.84 Å². The lowest BCUT2D eigenvalue weighted by Gasteiger charge is -2.04. The number of hydrogen-bond donors (Lipinski definition) is 2. The Labute approximate surface area is 120 Å². The molecule has 0 aliphatic rings. The summed E-state index contributed by atoms with van der Waals surface area (Å²) in [6, 6.07) is 5.72. The second-order valence-corrected chi connectivity index (χ2v) is 5.31. The van der Waals surface area contributed by atoms with Crippen molar-refractivity contribution in [2.24, 2.45) is 5.84 Å². The van der Waals surface area contributed by atoms with E-state index < -0.39 is 0 Å². The number of aromatic nitrogens is 5. The van der Waals surface area contributed by atoms with Crippen LogP contribution in [0.25, 0.3) is 5.65 Å². The van der Waals surface area contributed by atoms with Crippen LogP contribution in [0.2, 0.25) is 0 Å². The minimum Gasteiger partial charge on any atom is -0.292 e. The highest BCUT2D eigenvalue weighted by Crippen LogP contribution is 2.30. The predicted molar refractivity (Wildman–Crippen MR) is 74.7 cm³/mol. The smallest absolute Gasteiger partial charge is 0.238 e. The van der Waals surface area contributed by atoms with Crippen LogP contribution < -0.4 is 11.3 Å². The second kappa shape index (κ2) is 5.11. The number of halogens is 1. The molecular weight excluding hydrogens is 330 g/mol. The standard InChI is InChI=1S/C10H8BrN7S/c11-6-5-13-9(15-12)14-8(6)19-10-17-16-7-3-1-2-4-18(7)10/h1-5H,12H2,(H,13,14,15). The molecule has 3 rings (SSSR count). The summed E-state index contributed by atoms with van der Waals surface area (Å²) in [7, 11) is 0. The molecule has 0 aliphatic heterocycles. The van der Waals surface area contributed by atoms with E-state index in [2.05, 4.69) is 41.5 Å². The average Bonchev–Trinajstić information content (AvgIpc) is 2.85. The molecule has 0 bridgehead atoms. The van der Waals surface area contributed by atoms with Crippen LogP contribution in [-0.4, -0.2) is 24.6 Å². The molecule has 9 heteroatoms. The number of rotatable bonds is 3. The van der Waals surface area contributed by atoms with Crippen molar-refractivity contribution in [3.05, 3.63) is 35.1 Å². The molecule has 0 saturated carbocycles. The fourth-order valence-electron chi connectivity index (χ4n) is 1.47. The molecule has 0 radical (unpaired) electrons. The van der Waals surface area contributed by atoms with Crippen LogP contribution in [0.3, 0.4) is 0 Å². The van der Waals surface area contributed by atoms with Gasteiger partial charge in [-0.25, -0.2) is 15.8 Å². The van der Waals surface area contributed by atoms with Crippen molar-refractivity contribution in [3.63, 3.8) is 0 Å². The Morgan fingerprint density at radius 2 is 2.21 bits per heavy atom. The zero-order valence-corrected chi connectivity index (χ0v) is 11.9. The number of hydrazine groups is 1. The Bertz CT molecular complexity index is 729. The van der Waals surface area contributed by atoms with Crippen molar-refractivity contribution < 1.29 is 0 Å². The lowest BCUT2D eigenvalue weighted by Crippen LogP contribution is -2.10. The van der Waals surface area contributed by atoms with Crippen LogP contribution in [0.15, 0.2) is 45.2 Å². The molecule has 0 atom stereocenters. The third-order valence-electron chi connectivity index (χ3n) is 2.31. The van der Waals surface area contributed by atoms with Gasteiger partial charge in [0, 0.05) is 12.4 Å². The maximum Gasteiger partial charge on any atom is 0.238 e. The van der Waals surface area contributed by atoms with E-state index >= 15 is 0 Å². The SMILES string of the molecule is NNc1ncc(Br)c(Sc2nnc3ccccn23)n1. The van der Waals surface area contributed by atoms with Gasteiger partial charge in [0.1, 0.15) is 5.03 Å². The average molecular weight is 338 g/mol. The summed E-state index contributed by atoms with van der Waals surface area (Å²) in [5.74, 6) is 5.65. The largest absolute Gasteiger partial charge is 0.292 e. The number of nitrogens with zero attached hydrogens (tertiary/aromatic N) is 5. The van der Waals surface area contributed by atoms with Crippen LogP contribution in [0, 0.1) is 0 Å². The summed E-state index contributed by atoms with van der Waals surface area (Å²) < 4.78 is 2.65. The van der Waals surface area contributed by atoms with Crippen molar-refractivity contribution in [2.75, 3.05) is 5.43 Å². The summed E-state index contributed by atoms with van der Waals surface area (Å²) in [4.78, 5) is 8.26. The first-order valence-electron chi connectivity index (χ1n) is 5.24. The lowest BCUT2D eigenvalue weighted by atomic mass is 10.5. The van der Waals surface area contributed by atoms with Crippen molar-refractivity contribution in [1.29, 1.82) is 0 Å². The molecular formula is C10H8BrN7S. The van der Waals surface area contributed by atoms with Crippen molar-refractivity contribution in [1.82, 2.24) is 24.6 Å². The first-order chi connectivity index (χ1) is 9.28. The maximum absolute atomic E-state index is 5.30. The summed E-state index contributed by atoms with van der Waals surface area (Å²) in [6.45, 7) is 0. The first kappa shape index (κ1) is 12.3. The predicted octanol–water partition coefficient (Wildman–Crippen LogP) is 1.72. The number of nitrogens with one attached hydrogen (secondary N) is 1. The molecule has 3 N–H and O–H groups in total. The molecule has 0 fully saturated rings. The van der Waals surface area contributed by atoms with E-state index in [0.29, 0.717) is 11.0 Å². The normalized spacial score (nSPS) is 10.8. The highest BCUT2D eigenvalue weighted by molar-refractivity contribution is 9.10. The van der Waals surface area contributed by atoms with E-state index in [1.54, 1.807) is 6.20 Å². The van der Waals surface area contributed by atoms with Gasteiger partial charge in [-0.15, -0.1) is 10.2 Å². The summed E-state index contributed by atoms with van der Waals surface area (Å²) in [6.07, 6.45) is 3.53. The summed E-state index contributed by atoms with van der Waals surface area (Å²) in [5.41, 5.74) is 3.20. The Kier molecular flexibility index (Phi) is 3.32. The van der Waals surface area contributed by atoms with E-state index in [9.17, 15) is 0 Å². The molecule has 7 nitrogen and oxygen atoms in total. The Morgan fingerprint density at radius 1 is 1.32 bits per heavy atom. The van der Waals surface area contributed by atoms with Gasteiger partial charge in [-0.3, -0.25) is 9.83 Å². The number of fused-ring (bicyclic) bond motifs is 1. The van der Waals surface area contributed by atoms with E-state index in [1.807, 2.05) is 28.8 Å². The fourth-order valence-corrected chi connectivity index (χ4v) is 2.69. The minimum atomic E-state index is 0.347. The number of pyridine rings is 1. The zero-order valence-electron chi connectivity index (χ0n) is 9.49. The van der Waals surface area contributed by atoms with Gasteiger partial charge in [-0.2, -0.15) is 0 Å². The maximum atomic E-state index is 5.30. The molecule has 96 valence electrons. The minimum absolute atomic E-state index is 0.347. The van der Waals surface area contributed by atoms with E-state index in [-0.39, 0.29) is 0 Å². The molecule has 0 spiro atoms. The van der Waals surface area contributed by atoms with Crippen LogP contribution >= 0.6 is 27.7 Å². The van der Waals surface area contributed by atoms with Crippen LogP contribution in [0.4, 0.5) is 5.95 Å². The molecule has 3 heterocycles. The monoisotopic (exact) mass is 337 g/mol. The third kappa shape index (κ3) is 2.39. The van der Waals surface area contributed by atoms with Gasteiger partial charge in [-0.05, 0) is 39.8 Å². The topological polar surface area (TPSA) is 94.0 Å². The molecule has 0 amide bonds. The molecule has 0 aliphatic carbocycles. The van der Waals surface area contributed by atoms with Crippen LogP contribution in [0.5, 0.6) is 0 Å². The molecule has 0 aromatic carbocycles. The molecule has 19 heavy (non-hydrogen) atoms. The van der Waals surface area contributed by atoms with Gasteiger partial charge in [-0.1, -0.05) is 6.07 Å². The summed E-state index contributed by atoms with van der Waals surface area (Å²) >= 11 is 4.77.